The quantitative estimate of drug-likeness (QED) is 0.275. The first kappa shape index (κ1) is 22.9. The van der Waals surface area contributed by atoms with Gasteiger partial charge in [0.2, 0.25) is 11.8 Å². The molecule has 0 aliphatic rings. The minimum absolute atomic E-state index is 0.306. The molecule has 0 spiro atoms. The Morgan fingerprint density at radius 3 is 2.64 bits per heavy atom. The van der Waals surface area contributed by atoms with E-state index < -0.39 is 5.82 Å². The first-order valence-electron chi connectivity index (χ1n) is 11.2. The Bertz CT molecular complexity index is 1600. The number of amides is 1. The number of benzene rings is 3. The molecule has 1 amide bonds. The molecule has 5 rings (SSSR count). The van der Waals surface area contributed by atoms with Crippen LogP contribution in [0.3, 0.4) is 0 Å². The molecule has 0 aliphatic carbocycles. The summed E-state index contributed by atoms with van der Waals surface area (Å²) in [5, 5.41) is 3.54. The lowest BCUT2D eigenvalue weighted by molar-refractivity contribution is -0.111. The Labute approximate surface area is 207 Å². The topological polar surface area (TPSA) is 77.0 Å². The molecule has 2 aromatic heterocycles. The zero-order valence-corrected chi connectivity index (χ0v) is 19.4. The number of fused-ring (bicyclic) bond motifs is 1. The monoisotopic (exact) mass is 476 g/mol. The van der Waals surface area contributed by atoms with E-state index in [-0.39, 0.29) is 5.91 Å². The van der Waals surface area contributed by atoms with E-state index in [1.165, 1.54) is 12.1 Å². The predicted octanol–water partition coefficient (Wildman–Crippen LogP) is 6.72. The Hall–Kier alpha value is -4.91. The summed E-state index contributed by atoms with van der Waals surface area (Å²) < 4.78 is 21.0. The summed E-state index contributed by atoms with van der Waals surface area (Å²) in [7, 11) is 0. The number of nitrogens with one attached hydrogen (secondary N) is 1. The van der Waals surface area contributed by atoms with Crippen molar-refractivity contribution in [1.29, 1.82) is 0 Å². The third-order valence-electron chi connectivity index (χ3n) is 5.54. The second-order valence-corrected chi connectivity index (χ2v) is 8.06. The standard InChI is InChI=1S/C29H21FN4O2/c1-3-27(35)34-22-8-6-7-19(14-22)25-15-20(13-21-17-32-18(2)33-29(21)25)24-11-10-23(16-26(24)30)36-28-9-4-5-12-31-28/h3-17H,1H2,2H3,(H,34,35). The van der Waals surface area contributed by atoms with Crippen molar-refractivity contribution in [1.82, 2.24) is 15.0 Å². The molecule has 176 valence electrons. The van der Waals surface area contributed by atoms with E-state index >= 15 is 4.39 Å². The summed E-state index contributed by atoms with van der Waals surface area (Å²) in [5.41, 5.74) is 4.02. The van der Waals surface area contributed by atoms with E-state index in [0.717, 1.165) is 22.0 Å². The van der Waals surface area contributed by atoms with Crippen LogP contribution in [0.5, 0.6) is 11.6 Å². The van der Waals surface area contributed by atoms with Crippen LogP contribution in [0.15, 0.2) is 97.8 Å². The van der Waals surface area contributed by atoms with Crippen LogP contribution in [0.4, 0.5) is 10.1 Å². The Kier molecular flexibility index (Phi) is 6.19. The number of anilines is 1. The molecule has 1 N–H and O–H groups in total. The van der Waals surface area contributed by atoms with Crippen molar-refractivity contribution in [2.75, 3.05) is 5.32 Å². The lowest BCUT2D eigenvalue weighted by Gasteiger charge is -2.13. The SMILES string of the molecule is C=CC(=O)Nc1cccc(-c2cc(-c3ccc(Oc4ccccn4)cc3F)cc3cnc(C)nc23)c1. The number of carbonyl (C=O) groups excluding carboxylic acids is 1. The summed E-state index contributed by atoms with van der Waals surface area (Å²) in [6, 6.07) is 21.1. The number of halogens is 1. The van der Waals surface area contributed by atoms with Gasteiger partial charge in [-0.05, 0) is 66.6 Å². The van der Waals surface area contributed by atoms with Crippen LogP contribution in [0.1, 0.15) is 5.82 Å². The molecule has 0 saturated heterocycles. The fraction of sp³-hybridized carbons (Fsp3) is 0.0345. The van der Waals surface area contributed by atoms with Crippen LogP contribution in [0, 0.1) is 12.7 Å². The van der Waals surface area contributed by atoms with E-state index in [1.807, 2.05) is 37.3 Å². The number of hydrogen-bond donors (Lipinski definition) is 1. The van der Waals surface area contributed by atoms with Crippen molar-refractivity contribution in [3.8, 4) is 33.9 Å². The van der Waals surface area contributed by atoms with Crippen molar-refractivity contribution < 1.29 is 13.9 Å². The number of hydrogen-bond acceptors (Lipinski definition) is 5. The zero-order valence-electron chi connectivity index (χ0n) is 19.4. The van der Waals surface area contributed by atoms with Crippen molar-refractivity contribution in [2.45, 2.75) is 6.92 Å². The summed E-state index contributed by atoms with van der Waals surface area (Å²) in [6.07, 6.45) is 4.55. The molecule has 0 fully saturated rings. The van der Waals surface area contributed by atoms with Crippen molar-refractivity contribution in [3.63, 3.8) is 0 Å². The number of aryl methyl sites for hydroxylation is 1. The van der Waals surface area contributed by atoms with Crippen LogP contribution in [-0.2, 0) is 4.79 Å². The highest BCUT2D eigenvalue weighted by Gasteiger charge is 2.14. The van der Waals surface area contributed by atoms with Gasteiger partial charge in [-0.2, -0.15) is 0 Å². The summed E-state index contributed by atoms with van der Waals surface area (Å²) in [5.74, 6) is 0.608. The van der Waals surface area contributed by atoms with Gasteiger partial charge in [0.1, 0.15) is 17.4 Å². The predicted molar refractivity (Wildman–Crippen MR) is 138 cm³/mol. The number of carbonyl (C=O) groups is 1. The maximum atomic E-state index is 15.3. The van der Waals surface area contributed by atoms with E-state index in [0.29, 0.717) is 34.3 Å². The third-order valence-corrected chi connectivity index (χ3v) is 5.54. The molecule has 2 heterocycles. The molecule has 36 heavy (non-hydrogen) atoms. The molecule has 0 bridgehead atoms. The average molecular weight is 477 g/mol. The van der Waals surface area contributed by atoms with Gasteiger partial charge in [-0.15, -0.1) is 0 Å². The smallest absolute Gasteiger partial charge is 0.247 e. The highest BCUT2D eigenvalue weighted by molar-refractivity contribution is 6.01. The van der Waals surface area contributed by atoms with Crippen molar-refractivity contribution in [2.24, 2.45) is 0 Å². The summed E-state index contributed by atoms with van der Waals surface area (Å²) in [6.45, 7) is 5.31. The number of pyridine rings is 1. The summed E-state index contributed by atoms with van der Waals surface area (Å²) >= 11 is 0. The molecular weight excluding hydrogens is 455 g/mol. The molecule has 0 radical (unpaired) electrons. The number of rotatable bonds is 6. The highest BCUT2D eigenvalue weighted by Crippen LogP contribution is 2.36. The highest BCUT2D eigenvalue weighted by atomic mass is 19.1. The fourth-order valence-electron chi connectivity index (χ4n) is 3.89. The van der Waals surface area contributed by atoms with Gasteiger partial charge >= 0.3 is 0 Å². The Morgan fingerprint density at radius 1 is 0.972 bits per heavy atom. The van der Waals surface area contributed by atoms with E-state index in [2.05, 4.69) is 26.8 Å². The van der Waals surface area contributed by atoms with Crippen LogP contribution in [-0.4, -0.2) is 20.9 Å². The number of ether oxygens (including phenoxy) is 1. The molecular formula is C29H21FN4O2. The van der Waals surface area contributed by atoms with E-state index in [1.54, 1.807) is 48.8 Å². The molecule has 3 aromatic carbocycles. The van der Waals surface area contributed by atoms with Crippen molar-refractivity contribution >= 4 is 22.5 Å². The number of nitrogens with zero attached hydrogens (tertiary/aromatic N) is 3. The maximum absolute atomic E-state index is 15.3. The van der Waals surface area contributed by atoms with Gasteiger partial charge in [0.25, 0.3) is 0 Å². The van der Waals surface area contributed by atoms with Gasteiger partial charge < -0.3 is 10.1 Å². The minimum Gasteiger partial charge on any atom is -0.439 e. The zero-order chi connectivity index (χ0) is 25.1. The second-order valence-electron chi connectivity index (χ2n) is 8.06. The molecule has 0 saturated carbocycles. The molecule has 6 nitrogen and oxygen atoms in total. The van der Waals surface area contributed by atoms with E-state index in [4.69, 9.17) is 4.74 Å². The van der Waals surface area contributed by atoms with Gasteiger partial charge in [0.05, 0.1) is 5.52 Å². The van der Waals surface area contributed by atoms with Gasteiger partial charge in [-0.3, -0.25) is 4.79 Å². The minimum atomic E-state index is -0.436. The lowest BCUT2D eigenvalue weighted by Crippen LogP contribution is -2.07. The summed E-state index contributed by atoms with van der Waals surface area (Å²) in [4.78, 5) is 24.9. The maximum Gasteiger partial charge on any atom is 0.247 e. The van der Waals surface area contributed by atoms with Crippen LogP contribution < -0.4 is 10.1 Å². The van der Waals surface area contributed by atoms with Crippen LogP contribution in [0.2, 0.25) is 0 Å². The Balaban J connectivity index is 1.59. The van der Waals surface area contributed by atoms with Gasteiger partial charge in [0.15, 0.2) is 0 Å². The molecule has 5 aromatic rings. The number of aromatic nitrogens is 3. The van der Waals surface area contributed by atoms with Crippen molar-refractivity contribution in [3.05, 3.63) is 109 Å². The van der Waals surface area contributed by atoms with E-state index in [9.17, 15) is 4.79 Å². The molecule has 0 atom stereocenters. The normalized spacial score (nSPS) is 10.7. The van der Waals surface area contributed by atoms with Gasteiger partial charge in [0, 0.05) is 46.7 Å². The third kappa shape index (κ3) is 4.81. The molecule has 7 heteroatoms. The first-order chi connectivity index (χ1) is 17.5. The van der Waals surface area contributed by atoms with Crippen LogP contribution in [0.25, 0.3) is 33.2 Å². The largest absolute Gasteiger partial charge is 0.439 e. The van der Waals surface area contributed by atoms with Gasteiger partial charge in [-0.1, -0.05) is 24.8 Å². The van der Waals surface area contributed by atoms with Gasteiger partial charge in [-0.25, -0.2) is 19.3 Å². The Morgan fingerprint density at radius 2 is 1.86 bits per heavy atom. The molecule has 0 aliphatic heterocycles. The fourth-order valence-corrected chi connectivity index (χ4v) is 3.89. The lowest BCUT2D eigenvalue weighted by atomic mass is 9.95. The second kappa shape index (κ2) is 9.76. The average Bonchev–Trinajstić information content (AvgIpc) is 2.89. The first-order valence-corrected chi connectivity index (χ1v) is 11.2. The van der Waals surface area contributed by atoms with Crippen LogP contribution >= 0.6 is 0 Å². The molecule has 0 unspecified atom stereocenters.